The molecule has 1 heteroatoms. The maximum absolute atomic E-state index is 6.15. The van der Waals surface area contributed by atoms with Crippen LogP contribution in [0.3, 0.4) is 0 Å². The van der Waals surface area contributed by atoms with Crippen LogP contribution in [0.15, 0.2) is 105 Å². The van der Waals surface area contributed by atoms with E-state index >= 15 is 0 Å². The number of terminal acetylenes is 1. The van der Waals surface area contributed by atoms with E-state index in [1.54, 1.807) is 0 Å². The number of allylic oxidation sites excluding steroid dienone is 8. The van der Waals surface area contributed by atoms with Gasteiger partial charge in [0.05, 0.1) is 0 Å². The van der Waals surface area contributed by atoms with Crippen molar-refractivity contribution in [3.8, 4) is 12.3 Å². The lowest BCUT2D eigenvalue weighted by Gasteiger charge is -2.47. The monoisotopic (exact) mass is 474 g/mol. The molecule has 2 aliphatic rings. The van der Waals surface area contributed by atoms with Gasteiger partial charge < -0.3 is 0 Å². The van der Waals surface area contributed by atoms with Crippen LogP contribution < -0.4 is 0 Å². The third-order valence-electron chi connectivity index (χ3n) is 5.97. The Balaban J connectivity index is 2.18. The highest BCUT2D eigenvalue weighted by Crippen LogP contribution is 2.56. The van der Waals surface area contributed by atoms with Crippen molar-refractivity contribution < 1.29 is 0 Å². The Hall–Kier alpha value is -2.31. The molecule has 2 bridgehead atoms. The van der Waals surface area contributed by atoms with Crippen LogP contribution in [-0.4, -0.2) is 0 Å². The van der Waals surface area contributed by atoms with Gasteiger partial charge in [0.25, 0.3) is 0 Å². The molecule has 1 unspecified atom stereocenters. The second-order valence-electron chi connectivity index (χ2n) is 7.34. The maximum Gasteiger partial charge on any atom is 0.0497 e. The molecule has 28 heavy (non-hydrogen) atoms. The minimum absolute atomic E-state index is 0.258. The Bertz CT molecular complexity index is 987. The summed E-state index contributed by atoms with van der Waals surface area (Å²) in [4.78, 5) is 0. The molecule has 2 aromatic rings. The molecule has 0 saturated heterocycles. The highest BCUT2D eigenvalue weighted by Gasteiger charge is 2.48. The van der Waals surface area contributed by atoms with Crippen molar-refractivity contribution in [1.29, 1.82) is 0 Å². The third kappa shape index (κ3) is 2.91. The molecule has 0 aromatic heterocycles. The molecule has 0 radical (unpaired) electrons. The van der Waals surface area contributed by atoms with Crippen LogP contribution in [0.25, 0.3) is 0 Å². The first-order chi connectivity index (χ1) is 13.7. The second-order valence-corrected chi connectivity index (χ2v) is 8.50. The third-order valence-corrected chi connectivity index (χ3v) is 6.98. The second kappa shape index (κ2) is 7.97. The number of fused-ring (bicyclic) bond motifs is 2. The molecular weight excluding hydrogens is 451 g/mol. The van der Waals surface area contributed by atoms with Gasteiger partial charge >= 0.3 is 0 Å². The van der Waals surface area contributed by atoms with Crippen molar-refractivity contribution in [2.45, 2.75) is 25.2 Å². The predicted molar refractivity (Wildman–Crippen MR) is 127 cm³/mol. The molecule has 0 nitrogen and oxygen atoms in total. The first-order valence-corrected chi connectivity index (χ1v) is 10.8. The molecule has 0 amide bonds. The van der Waals surface area contributed by atoms with Gasteiger partial charge in [-0.3, -0.25) is 0 Å². The zero-order valence-corrected chi connectivity index (χ0v) is 18.2. The van der Waals surface area contributed by atoms with Crippen LogP contribution >= 0.6 is 22.6 Å². The van der Waals surface area contributed by atoms with Gasteiger partial charge in [0.1, 0.15) is 0 Å². The molecular formula is C27H23I. The van der Waals surface area contributed by atoms with Gasteiger partial charge in [-0.25, -0.2) is 0 Å². The number of hydrogen-bond donors (Lipinski definition) is 0. The molecule has 0 N–H and O–H groups in total. The number of benzene rings is 2. The van der Waals surface area contributed by atoms with Gasteiger partial charge in [-0.1, -0.05) is 90.9 Å². The van der Waals surface area contributed by atoms with Gasteiger partial charge in [-0.15, -0.1) is 6.42 Å². The Morgan fingerprint density at radius 3 is 2.18 bits per heavy atom. The number of halogens is 1. The molecule has 0 saturated carbocycles. The first kappa shape index (κ1) is 19.0. The summed E-state index contributed by atoms with van der Waals surface area (Å²) in [5.74, 6) is 3.49. The molecule has 138 valence electrons. The van der Waals surface area contributed by atoms with Gasteiger partial charge in [-0.05, 0) is 70.5 Å². The van der Waals surface area contributed by atoms with E-state index in [1.165, 1.54) is 25.9 Å². The average Bonchev–Trinajstić information content (AvgIpc) is 2.91. The van der Waals surface area contributed by atoms with Crippen molar-refractivity contribution in [1.82, 2.24) is 0 Å². The van der Waals surface area contributed by atoms with Crippen molar-refractivity contribution in [3.05, 3.63) is 116 Å². The van der Waals surface area contributed by atoms with E-state index in [1.807, 2.05) is 0 Å². The highest BCUT2D eigenvalue weighted by atomic mass is 127. The summed E-state index contributed by atoms with van der Waals surface area (Å²) in [6.45, 7) is 2.08. The van der Waals surface area contributed by atoms with Gasteiger partial charge in [0.15, 0.2) is 0 Å². The lowest BCUT2D eigenvalue weighted by atomic mass is 9.55. The van der Waals surface area contributed by atoms with Crippen LogP contribution in [0.1, 0.15) is 30.9 Å². The van der Waals surface area contributed by atoms with Crippen LogP contribution in [0, 0.1) is 18.3 Å². The summed E-state index contributed by atoms with van der Waals surface area (Å²) in [7, 11) is 0. The Morgan fingerprint density at radius 2 is 1.64 bits per heavy atom. The largest absolute Gasteiger partial charge is 0.115 e. The topological polar surface area (TPSA) is 0 Å². The molecule has 1 atom stereocenters. The fourth-order valence-corrected chi connectivity index (χ4v) is 5.64. The quantitative estimate of drug-likeness (QED) is 0.328. The van der Waals surface area contributed by atoms with E-state index < -0.39 is 0 Å². The molecule has 0 fully saturated rings. The van der Waals surface area contributed by atoms with E-state index in [-0.39, 0.29) is 5.41 Å². The SMILES string of the molecule is C#CC1=C(/C=C\C)C(c2ccccc2)(c2ccccc2)C2CC=CC(I)=C1C2. The molecule has 4 rings (SSSR count). The Kier molecular flexibility index (Phi) is 5.42. The highest BCUT2D eigenvalue weighted by molar-refractivity contribution is 14.1. The predicted octanol–water partition coefficient (Wildman–Crippen LogP) is 7.15. The molecule has 2 aromatic carbocycles. The van der Waals surface area contributed by atoms with Crippen LogP contribution in [0.4, 0.5) is 0 Å². The maximum atomic E-state index is 6.15. The lowest BCUT2D eigenvalue weighted by Crippen LogP contribution is -2.41. The normalized spacial score (nSPS) is 21.0. The molecule has 0 aliphatic heterocycles. The zero-order chi connectivity index (χ0) is 19.6. The summed E-state index contributed by atoms with van der Waals surface area (Å²) in [6, 6.07) is 21.8. The number of hydrogen-bond acceptors (Lipinski definition) is 0. The van der Waals surface area contributed by atoms with E-state index in [0.29, 0.717) is 5.92 Å². The van der Waals surface area contributed by atoms with E-state index in [9.17, 15) is 0 Å². The summed E-state index contributed by atoms with van der Waals surface area (Å²) in [5.41, 5.74) is 5.99. The van der Waals surface area contributed by atoms with Gasteiger partial charge in [-0.2, -0.15) is 0 Å². The summed E-state index contributed by atoms with van der Waals surface area (Å²) < 4.78 is 1.27. The Labute approximate surface area is 181 Å². The first-order valence-electron chi connectivity index (χ1n) is 9.74. The molecule has 0 spiro atoms. The average molecular weight is 474 g/mol. The van der Waals surface area contributed by atoms with Crippen molar-refractivity contribution in [2.24, 2.45) is 5.92 Å². The van der Waals surface area contributed by atoms with E-state index in [0.717, 1.165) is 18.4 Å². The molecule has 0 heterocycles. The van der Waals surface area contributed by atoms with E-state index in [4.69, 9.17) is 6.42 Å². The smallest absolute Gasteiger partial charge is 0.0497 e. The van der Waals surface area contributed by atoms with Crippen LogP contribution in [0.2, 0.25) is 0 Å². The summed E-state index contributed by atoms with van der Waals surface area (Å²) in [6.07, 6.45) is 17.1. The van der Waals surface area contributed by atoms with Crippen molar-refractivity contribution >= 4 is 22.6 Å². The van der Waals surface area contributed by atoms with Gasteiger partial charge in [0.2, 0.25) is 0 Å². The standard InChI is InChI=1S/C27H23I/c1-3-12-25-23(4-2)24-19-22(17-11-18-26(24)28)27(25,20-13-7-5-8-14-20)21-15-9-6-10-16-21/h2-3,5-16,18,22H,17,19H2,1H3/b12-3-. The zero-order valence-electron chi connectivity index (χ0n) is 16.0. The minimum atomic E-state index is -0.258. The van der Waals surface area contributed by atoms with E-state index in [2.05, 4.69) is 120 Å². The fraction of sp³-hybridized carbons (Fsp3) is 0.185. The van der Waals surface area contributed by atoms with Gasteiger partial charge in [0, 0.05) is 14.6 Å². The Morgan fingerprint density at radius 1 is 1.04 bits per heavy atom. The fourth-order valence-electron chi connectivity index (χ4n) is 4.89. The van der Waals surface area contributed by atoms with Crippen molar-refractivity contribution in [2.75, 3.05) is 0 Å². The molecule has 2 aliphatic carbocycles. The minimum Gasteiger partial charge on any atom is -0.115 e. The summed E-state index contributed by atoms with van der Waals surface area (Å²) >= 11 is 2.44. The lowest BCUT2D eigenvalue weighted by molar-refractivity contribution is 0.359. The van der Waals surface area contributed by atoms with Crippen molar-refractivity contribution in [3.63, 3.8) is 0 Å². The number of rotatable bonds is 3. The van der Waals surface area contributed by atoms with Crippen LogP contribution in [0.5, 0.6) is 0 Å². The van der Waals surface area contributed by atoms with Crippen LogP contribution in [-0.2, 0) is 5.41 Å². The summed E-state index contributed by atoms with van der Waals surface area (Å²) in [5, 5.41) is 0.